The molecule has 0 saturated heterocycles. The first-order valence-corrected chi connectivity index (χ1v) is 29.7. The molecule has 6 aromatic heterocycles. The Morgan fingerprint density at radius 3 is 0.739 bits per heavy atom. The molecule has 0 aliphatic carbocycles. The van der Waals surface area contributed by atoms with E-state index in [2.05, 4.69) is 319 Å². The van der Waals surface area contributed by atoms with Crippen molar-refractivity contribution in [2.45, 2.75) is 0 Å². The summed E-state index contributed by atoms with van der Waals surface area (Å²) in [7, 11) is 0. The van der Waals surface area contributed by atoms with Crippen LogP contribution in [0.4, 0.5) is 0 Å². The third-order valence-corrected chi connectivity index (χ3v) is 18.6. The predicted molar refractivity (Wildman–Crippen MR) is 362 cm³/mol. The van der Waals surface area contributed by atoms with E-state index in [0.717, 1.165) is 142 Å². The number of fused-ring (bicyclic) bond motifs is 20. The van der Waals surface area contributed by atoms with Crippen LogP contribution in [0.3, 0.4) is 0 Å². The molecule has 0 radical (unpaired) electrons. The van der Waals surface area contributed by atoms with Gasteiger partial charge >= 0.3 is 0 Å². The van der Waals surface area contributed by atoms with Crippen LogP contribution in [0.15, 0.2) is 279 Å². The molecule has 0 unspecified atom stereocenters. The lowest BCUT2D eigenvalue weighted by atomic mass is 9.98. The van der Waals surface area contributed by atoms with Crippen LogP contribution >= 0.6 is 0 Å². The third-order valence-electron chi connectivity index (χ3n) is 18.6. The Labute approximate surface area is 502 Å². The van der Waals surface area contributed by atoms with Crippen LogP contribution in [0.25, 0.3) is 165 Å². The summed E-state index contributed by atoms with van der Waals surface area (Å²) in [4.78, 5) is 0. The van der Waals surface area contributed by atoms with E-state index in [-0.39, 0.29) is 0 Å². The topological polar surface area (TPSA) is 77.2 Å². The Morgan fingerprint density at radius 1 is 0.193 bits per heavy atom. The van der Waals surface area contributed by atoms with Crippen LogP contribution in [0.1, 0.15) is 11.1 Å². The Morgan fingerprint density at radius 2 is 0.432 bits per heavy atom. The second-order valence-electron chi connectivity index (χ2n) is 22.9. The number of rotatable bonds is 6. The maximum absolute atomic E-state index is 13.2. The normalized spacial score (nSPS) is 12.1. The summed E-state index contributed by atoms with van der Waals surface area (Å²) in [5, 5.41) is 38.9. The molecule has 0 atom stereocenters. The fourth-order valence-electron chi connectivity index (χ4n) is 15.3. The summed E-state index contributed by atoms with van der Waals surface area (Å²) >= 11 is 0. The van der Waals surface area contributed by atoms with Gasteiger partial charge in [0.05, 0.1) is 88.9 Å². The van der Waals surface area contributed by atoms with Crippen LogP contribution in [0.2, 0.25) is 0 Å². The van der Waals surface area contributed by atoms with Gasteiger partial charge in [0, 0.05) is 76.0 Å². The van der Waals surface area contributed by atoms with Crippen molar-refractivity contribution < 1.29 is 0 Å². The minimum absolute atomic E-state index is 0.397. The average Bonchev–Trinajstić information content (AvgIpc) is 1.48. The van der Waals surface area contributed by atoms with Crippen LogP contribution < -0.4 is 0 Å². The lowest BCUT2D eigenvalue weighted by Gasteiger charge is -2.27. The average molecular weight is 1120 g/mol. The Kier molecular flexibility index (Phi) is 9.87. The molecule has 0 aliphatic heterocycles. The number of hydrogen-bond acceptors (Lipinski definition) is 2. The lowest BCUT2D eigenvalue weighted by Crippen LogP contribution is -2.17. The molecule has 0 amide bonds. The van der Waals surface area contributed by atoms with E-state index in [4.69, 9.17) is 0 Å². The molecule has 0 spiro atoms. The van der Waals surface area contributed by atoms with Gasteiger partial charge in [0.25, 0.3) is 0 Å². The van der Waals surface area contributed by atoms with E-state index in [0.29, 0.717) is 33.9 Å². The smallest absolute Gasteiger partial charge is 0.104 e. The Hall–Kier alpha value is -12.4. The number of aromatic nitrogens is 6. The summed E-state index contributed by atoms with van der Waals surface area (Å²) in [6, 6.07) is 105. The largest absolute Gasteiger partial charge is 0.309 e. The fourth-order valence-corrected chi connectivity index (χ4v) is 15.3. The molecule has 88 heavy (non-hydrogen) atoms. The van der Waals surface area contributed by atoms with Gasteiger partial charge in [-0.25, -0.2) is 0 Å². The molecule has 0 N–H and O–H groups in total. The molecule has 13 aromatic carbocycles. The molecule has 0 fully saturated rings. The predicted octanol–water partition coefficient (Wildman–Crippen LogP) is 20.0. The number of nitrogens with zero attached hydrogens (tertiary/aromatic N) is 8. The van der Waals surface area contributed by atoms with Crippen LogP contribution in [-0.2, 0) is 0 Å². The van der Waals surface area contributed by atoms with Crippen molar-refractivity contribution in [1.82, 2.24) is 27.4 Å². The van der Waals surface area contributed by atoms with Gasteiger partial charge in [-0.05, 0) is 84.9 Å². The second kappa shape index (κ2) is 18.1. The molecule has 8 nitrogen and oxygen atoms in total. The summed E-state index contributed by atoms with van der Waals surface area (Å²) in [5.74, 6) is 0. The second-order valence-corrected chi connectivity index (χ2v) is 22.9. The van der Waals surface area contributed by atoms with Gasteiger partial charge in [0.1, 0.15) is 23.3 Å². The van der Waals surface area contributed by atoms with Gasteiger partial charge in [-0.1, -0.05) is 194 Å². The van der Waals surface area contributed by atoms with Crippen molar-refractivity contribution in [2.24, 2.45) is 0 Å². The molecule has 0 saturated carbocycles. The number of nitriles is 2. The first-order chi connectivity index (χ1) is 43.7. The molecule has 406 valence electrons. The number of para-hydroxylation sites is 10. The maximum atomic E-state index is 13.2. The minimum Gasteiger partial charge on any atom is -0.309 e. The first-order valence-electron chi connectivity index (χ1n) is 29.7. The first kappa shape index (κ1) is 48.1. The van der Waals surface area contributed by atoms with E-state index in [1.54, 1.807) is 0 Å². The molecular weight excluding hydrogens is 1070 g/mol. The summed E-state index contributed by atoms with van der Waals surface area (Å²) in [6.45, 7) is 0. The van der Waals surface area contributed by atoms with Gasteiger partial charge in [0.2, 0.25) is 0 Å². The van der Waals surface area contributed by atoms with E-state index < -0.39 is 0 Å². The van der Waals surface area contributed by atoms with Crippen molar-refractivity contribution in [3.05, 3.63) is 290 Å². The maximum Gasteiger partial charge on any atom is 0.104 e. The Bertz CT molecular complexity index is 5830. The molecule has 19 rings (SSSR count). The van der Waals surface area contributed by atoms with E-state index in [1.165, 1.54) is 0 Å². The zero-order chi connectivity index (χ0) is 57.9. The van der Waals surface area contributed by atoms with Crippen LogP contribution in [0, 0.1) is 22.7 Å². The highest BCUT2D eigenvalue weighted by atomic mass is 15.1. The highest BCUT2D eigenvalue weighted by Gasteiger charge is 2.36. The third kappa shape index (κ3) is 6.24. The van der Waals surface area contributed by atoms with Crippen molar-refractivity contribution in [2.75, 3.05) is 0 Å². The zero-order valence-corrected chi connectivity index (χ0v) is 47.1. The molecule has 8 heteroatoms. The molecular formula is C80H46N8. The quantitative estimate of drug-likeness (QED) is 0.166. The van der Waals surface area contributed by atoms with Crippen molar-refractivity contribution in [3.63, 3.8) is 0 Å². The van der Waals surface area contributed by atoms with Crippen molar-refractivity contribution in [1.29, 1.82) is 10.5 Å². The van der Waals surface area contributed by atoms with E-state index in [9.17, 15) is 10.5 Å². The molecule has 0 aliphatic rings. The van der Waals surface area contributed by atoms with Crippen LogP contribution in [0.5, 0.6) is 0 Å². The summed E-state index contributed by atoms with van der Waals surface area (Å²) in [5.41, 5.74) is 16.7. The molecule has 6 heterocycles. The summed E-state index contributed by atoms with van der Waals surface area (Å²) in [6.07, 6.45) is 0. The highest BCUT2D eigenvalue weighted by molar-refractivity contribution is 6.29. The summed E-state index contributed by atoms with van der Waals surface area (Å²) < 4.78 is 14.0. The zero-order valence-electron chi connectivity index (χ0n) is 47.1. The van der Waals surface area contributed by atoms with Crippen molar-refractivity contribution >= 4 is 131 Å². The molecule has 0 bridgehead atoms. The molecule has 19 aromatic rings. The van der Waals surface area contributed by atoms with Gasteiger partial charge < -0.3 is 27.4 Å². The SMILES string of the molecule is N#Cc1c(-n2c3ccccc3c3ccccc32)c(-n2c3ccccc3c3ccc4c(c5ccccc5n4-c4ccccc4)c32)c(C#N)c(-n2c3ccccc3c3ccccc32)c1-n1c2ccccc2c2ccc3c(c4ccccc4n3-c3ccccc3)c21. The number of hydrogen-bond donors (Lipinski definition) is 0. The Balaban J connectivity index is 1.13. The highest BCUT2D eigenvalue weighted by Crippen LogP contribution is 2.52. The van der Waals surface area contributed by atoms with E-state index >= 15 is 0 Å². The minimum atomic E-state index is 0.397. The standard InChI is InChI=1S/C80H46N8/c81-47-61-78(86-65-37-17-9-29-53(65)54-30-10-18-38-66(54)86)80(88-68-40-20-12-32-56(68)58-44-46-72-74(76(58)88)60-34-14-22-42-70(60)84(72)50-25-5-2-6-26-50)62(48-82)77(85-63-35-15-7-27-51(63)52-28-8-16-36-64(52)85)79(61)87-67-39-19-11-31-55(67)57-43-45-71-73(75(57)87)59-33-13-21-41-69(59)83(71)49-23-3-1-4-24-49/h1-46H. The van der Waals surface area contributed by atoms with Gasteiger partial charge in [-0.3, -0.25) is 0 Å². The van der Waals surface area contributed by atoms with Crippen molar-refractivity contribution in [3.8, 4) is 46.3 Å². The van der Waals surface area contributed by atoms with Gasteiger partial charge in [-0.2, -0.15) is 10.5 Å². The van der Waals surface area contributed by atoms with E-state index in [1.807, 2.05) is 0 Å². The lowest BCUT2D eigenvalue weighted by molar-refractivity contribution is 1.03. The van der Waals surface area contributed by atoms with Crippen LogP contribution in [-0.4, -0.2) is 27.4 Å². The van der Waals surface area contributed by atoms with Gasteiger partial charge in [0.15, 0.2) is 0 Å². The monoisotopic (exact) mass is 1120 g/mol. The van der Waals surface area contributed by atoms with Gasteiger partial charge in [-0.15, -0.1) is 0 Å². The number of benzene rings is 13. The fraction of sp³-hybridized carbons (Fsp3) is 0.